The van der Waals surface area contributed by atoms with Crippen LogP contribution >= 0.6 is 0 Å². The van der Waals surface area contributed by atoms with Crippen molar-refractivity contribution in [3.8, 4) is 5.75 Å². The van der Waals surface area contributed by atoms with Crippen molar-refractivity contribution in [3.63, 3.8) is 0 Å². The van der Waals surface area contributed by atoms with Gasteiger partial charge in [0.15, 0.2) is 0 Å². The van der Waals surface area contributed by atoms with Crippen LogP contribution in [0.5, 0.6) is 5.75 Å². The Hall–Kier alpha value is -1.94. The van der Waals surface area contributed by atoms with Crippen LogP contribution in [0.3, 0.4) is 0 Å². The average molecular weight is 291 g/mol. The molecule has 0 aliphatic heterocycles. The van der Waals surface area contributed by atoms with Gasteiger partial charge in [0.2, 0.25) is 0 Å². The van der Waals surface area contributed by atoms with Gasteiger partial charge >= 0.3 is 0 Å². The maximum atomic E-state index is 13.6. The van der Waals surface area contributed by atoms with Crippen molar-refractivity contribution in [1.29, 1.82) is 0 Å². The van der Waals surface area contributed by atoms with Crippen molar-refractivity contribution in [1.82, 2.24) is 5.32 Å². The fourth-order valence-corrected chi connectivity index (χ4v) is 2.26. The molecule has 0 saturated heterocycles. The minimum absolute atomic E-state index is 0.0518. The number of rotatable bonds is 5. The van der Waals surface area contributed by atoms with Crippen LogP contribution in [0.25, 0.3) is 0 Å². The molecule has 4 heteroatoms. The van der Waals surface area contributed by atoms with Gasteiger partial charge in [0, 0.05) is 23.7 Å². The molecule has 0 saturated carbocycles. The summed E-state index contributed by atoms with van der Waals surface area (Å²) in [5.41, 5.74) is 2.13. The van der Waals surface area contributed by atoms with E-state index in [0.29, 0.717) is 0 Å². The molecule has 1 unspecified atom stereocenters. The highest BCUT2D eigenvalue weighted by Crippen LogP contribution is 2.26. The Balaban J connectivity index is 2.15. The van der Waals surface area contributed by atoms with Crippen LogP contribution < -0.4 is 10.1 Å². The average Bonchev–Trinajstić information content (AvgIpc) is 2.46. The van der Waals surface area contributed by atoms with Crippen LogP contribution in [-0.4, -0.2) is 7.11 Å². The number of hydrogen-bond acceptors (Lipinski definition) is 2. The maximum absolute atomic E-state index is 13.6. The fraction of sp³-hybridized carbons (Fsp3) is 0.294. The van der Waals surface area contributed by atoms with E-state index in [2.05, 4.69) is 5.32 Å². The molecule has 112 valence electrons. The Kier molecular flexibility index (Phi) is 4.91. The first-order chi connectivity index (χ1) is 10.0. The molecule has 2 rings (SSSR count). The van der Waals surface area contributed by atoms with Crippen molar-refractivity contribution in [2.75, 3.05) is 7.11 Å². The molecule has 0 radical (unpaired) electrons. The molecular formula is C17H19F2NO. The smallest absolute Gasteiger partial charge is 0.130 e. The summed E-state index contributed by atoms with van der Waals surface area (Å²) in [6.07, 6.45) is 0. The molecule has 0 fully saturated rings. The zero-order valence-corrected chi connectivity index (χ0v) is 12.4. The topological polar surface area (TPSA) is 21.3 Å². The molecule has 0 heterocycles. The monoisotopic (exact) mass is 291 g/mol. The van der Waals surface area contributed by atoms with E-state index in [1.807, 2.05) is 32.0 Å². The Labute approximate surface area is 123 Å². The molecule has 0 bridgehead atoms. The SMILES string of the molecule is COc1ccc(C)cc1C(C)NCc1c(F)cccc1F. The number of halogens is 2. The fourth-order valence-electron chi connectivity index (χ4n) is 2.26. The van der Waals surface area contributed by atoms with Crippen molar-refractivity contribution >= 4 is 0 Å². The van der Waals surface area contributed by atoms with Crippen LogP contribution in [0.4, 0.5) is 8.78 Å². The minimum Gasteiger partial charge on any atom is -0.496 e. The van der Waals surface area contributed by atoms with E-state index in [1.54, 1.807) is 7.11 Å². The van der Waals surface area contributed by atoms with Gasteiger partial charge in [0.05, 0.1) is 7.11 Å². The number of methoxy groups -OCH3 is 1. The van der Waals surface area contributed by atoms with Gasteiger partial charge in [-0.25, -0.2) is 8.78 Å². The standard InChI is InChI=1S/C17H19F2NO/c1-11-7-8-17(21-3)13(9-11)12(2)20-10-14-15(18)5-4-6-16(14)19/h4-9,12,20H,10H2,1-3H3. The second kappa shape index (κ2) is 6.68. The van der Waals surface area contributed by atoms with Crippen LogP contribution in [0, 0.1) is 18.6 Å². The highest BCUT2D eigenvalue weighted by molar-refractivity contribution is 5.39. The van der Waals surface area contributed by atoms with Gasteiger partial charge < -0.3 is 10.1 Å². The van der Waals surface area contributed by atoms with Gasteiger partial charge in [-0.1, -0.05) is 23.8 Å². The van der Waals surface area contributed by atoms with Crippen molar-refractivity contribution in [3.05, 3.63) is 64.7 Å². The molecule has 0 spiro atoms. The normalized spacial score (nSPS) is 12.2. The molecule has 2 aromatic carbocycles. The summed E-state index contributed by atoms with van der Waals surface area (Å²) in [5.74, 6) is -0.313. The third-order valence-corrected chi connectivity index (χ3v) is 3.50. The van der Waals surface area contributed by atoms with E-state index >= 15 is 0 Å². The van der Waals surface area contributed by atoms with Gasteiger partial charge in [0.25, 0.3) is 0 Å². The number of aryl methyl sites for hydroxylation is 1. The first kappa shape index (κ1) is 15.4. The Morgan fingerprint density at radius 3 is 2.43 bits per heavy atom. The second-order valence-corrected chi connectivity index (χ2v) is 5.05. The summed E-state index contributed by atoms with van der Waals surface area (Å²) in [7, 11) is 1.61. The molecule has 1 atom stereocenters. The van der Waals surface area contributed by atoms with Gasteiger partial charge in [-0.3, -0.25) is 0 Å². The molecular weight excluding hydrogens is 272 g/mol. The van der Waals surface area contributed by atoms with Gasteiger partial charge in [-0.15, -0.1) is 0 Å². The van der Waals surface area contributed by atoms with E-state index in [1.165, 1.54) is 18.2 Å². The van der Waals surface area contributed by atoms with Crippen LogP contribution in [-0.2, 0) is 6.54 Å². The van der Waals surface area contributed by atoms with Crippen LogP contribution in [0.15, 0.2) is 36.4 Å². The van der Waals surface area contributed by atoms with E-state index in [0.717, 1.165) is 16.9 Å². The van der Waals surface area contributed by atoms with E-state index in [-0.39, 0.29) is 18.2 Å². The highest BCUT2D eigenvalue weighted by Gasteiger charge is 2.14. The summed E-state index contributed by atoms with van der Waals surface area (Å²) in [6, 6.07) is 9.67. The summed E-state index contributed by atoms with van der Waals surface area (Å²) in [6.45, 7) is 4.05. The summed E-state index contributed by atoms with van der Waals surface area (Å²) < 4.78 is 32.5. The summed E-state index contributed by atoms with van der Waals surface area (Å²) >= 11 is 0. The zero-order valence-electron chi connectivity index (χ0n) is 12.4. The summed E-state index contributed by atoms with van der Waals surface area (Å²) in [5, 5.41) is 3.14. The number of nitrogens with one attached hydrogen (secondary N) is 1. The van der Waals surface area contributed by atoms with E-state index < -0.39 is 11.6 Å². The minimum atomic E-state index is -0.536. The molecule has 21 heavy (non-hydrogen) atoms. The third-order valence-electron chi connectivity index (χ3n) is 3.50. The molecule has 0 amide bonds. The molecule has 2 aromatic rings. The Bertz CT molecular complexity index is 608. The van der Waals surface area contributed by atoms with Gasteiger partial charge in [0.1, 0.15) is 17.4 Å². The third kappa shape index (κ3) is 3.58. The lowest BCUT2D eigenvalue weighted by Crippen LogP contribution is -2.20. The molecule has 0 aliphatic rings. The van der Waals surface area contributed by atoms with Gasteiger partial charge in [-0.2, -0.15) is 0 Å². The van der Waals surface area contributed by atoms with Crippen LogP contribution in [0.2, 0.25) is 0 Å². The molecule has 0 aliphatic carbocycles. The van der Waals surface area contributed by atoms with Gasteiger partial charge in [-0.05, 0) is 32.0 Å². The molecule has 1 N–H and O–H groups in total. The lowest BCUT2D eigenvalue weighted by atomic mass is 10.0. The number of ether oxygens (including phenoxy) is 1. The van der Waals surface area contributed by atoms with E-state index in [4.69, 9.17) is 4.74 Å². The Morgan fingerprint density at radius 2 is 1.81 bits per heavy atom. The number of benzene rings is 2. The Morgan fingerprint density at radius 1 is 1.14 bits per heavy atom. The van der Waals surface area contributed by atoms with Crippen molar-refractivity contribution in [2.24, 2.45) is 0 Å². The first-order valence-electron chi connectivity index (χ1n) is 6.83. The lowest BCUT2D eigenvalue weighted by molar-refractivity contribution is 0.400. The second-order valence-electron chi connectivity index (χ2n) is 5.05. The van der Waals surface area contributed by atoms with Crippen LogP contribution in [0.1, 0.15) is 29.7 Å². The first-order valence-corrected chi connectivity index (χ1v) is 6.83. The quantitative estimate of drug-likeness (QED) is 0.894. The largest absolute Gasteiger partial charge is 0.496 e. The predicted octanol–water partition coefficient (Wildman–Crippen LogP) is 4.13. The zero-order chi connectivity index (χ0) is 15.4. The highest BCUT2D eigenvalue weighted by atomic mass is 19.1. The lowest BCUT2D eigenvalue weighted by Gasteiger charge is -2.18. The predicted molar refractivity (Wildman–Crippen MR) is 79.3 cm³/mol. The molecule has 0 aromatic heterocycles. The maximum Gasteiger partial charge on any atom is 0.130 e. The van der Waals surface area contributed by atoms with Crippen molar-refractivity contribution < 1.29 is 13.5 Å². The van der Waals surface area contributed by atoms with E-state index in [9.17, 15) is 8.78 Å². The summed E-state index contributed by atoms with van der Waals surface area (Å²) in [4.78, 5) is 0. The molecule has 2 nitrogen and oxygen atoms in total. The van der Waals surface area contributed by atoms with Crippen molar-refractivity contribution in [2.45, 2.75) is 26.4 Å². The number of hydrogen-bond donors (Lipinski definition) is 1.